The first-order valence-corrected chi connectivity index (χ1v) is 7.53. The number of carbonyl (C=O) groups excluding carboxylic acids is 1. The number of rotatable bonds is 2. The van der Waals surface area contributed by atoms with Crippen molar-refractivity contribution in [2.24, 2.45) is 0 Å². The average molecular weight is 331 g/mol. The lowest BCUT2D eigenvalue weighted by Gasteiger charge is -2.19. The van der Waals surface area contributed by atoms with Gasteiger partial charge in [-0.05, 0) is 36.4 Å². The molecule has 1 aromatic heterocycles. The average Bonchev–Trinajstić information content (AvgIpc) is 2.93. The minimum absolute atomic E-state index is 0.310. The first-order valence-electron chi connectivity index (χ1n) is 7.15. The molecule has 1 aliphatic rings. The SMILES string of the molecule is O=C(Nc1cccc(F)c1)c1cc2c(Cl)ccc3c2n1CCO3. The largest absolute Gasteiger partial charge is 0.490 e. The molecule has 2 aromatic carbocycles. The molecule has 0 unspecified atom stereocenters. The van der Waals surface area contributed by atoms with Crippen LogP contribution in [0.25, 0.3) is 10.9 Å². The number of benzene rings is 2. The van der Waals surface area contributed by atoms with Crippen LogP contribution in [0.5, 0.6) is 5.75 Å². The van der Waals surface area contributed by atoms with Gasteiger partial charge in [-0.1, -0.05) is 17.7 Å². The molecule has 0 spiro atoms. The lowest BCUT2D eigenvalue weighted by molar-refractivity contribution is 0.101. The number of nitrogens with one attached hydrogen (secondary N) is 1. The number of nitrogens with zero attached hydrogens (tertiary/aromatic N) is 1. The number of carbonyl (C=O) groups is 1. The minimum Gasteiger partial charge on any atom is -0.490 e. The molecule has 1 amide bonds. The van der Waals surface area contributed by atoms with E-state index in [4.69, 9.17) is 16.3 Å². The number of anilines is 1. The van der Waals surface area contributed by atoms with E-state index < -0.39 is 5.82 Å². The molecule has 2 heterocycles. The highest BCUT2D eigenvalue weighted by Gasteiger charge is 2.23. The molecule has 4 nitrogen and oxygen atoms in total. The topological polar surface area (TPSA) is 43.3 Å². The maximum Gasteiger partial charge on any atom is 0.272 e. The van der Waals surface area contributed by atoms with Gasteiger partial charge in [-0.3, -0.25) is 4.79 Å². The summed E-state index contributed by atoms with van der Waals surface area (Å²) in [5.41, 5.74) is 1.70. The Balaban J connectivity index is 1.79. The van der Waals surface area contributed by atoms with Gasteiger partial charge in [0.25, 0.3) is 5.91 Å². The number of ether oxygens (including phenoxy) is 1. The van der Waals surface area contributed by atoms with E-state index >= 15 is 0 Å². The van der Waals surface area contributed by atoms with Crippen molar-refractivity contribution in [3.05, 3.63) is 59.0 Å². The zero-order valence-electron chi connectivity index (χ0n) is 12.0. The monoisotopic (exact) mass is 330 g/mol. The van der Waals surface area contributed by atoms with Gasteiger partial charge in [-0.2, -0.15) is 0 Å². The molecule has 0 saturated heterocycles. The van der Waals surface area contributed by atoms with Crippen LogP contribution in [-0.2, 0) is 6.54 Å². The van der Waals surface area contributed by atoms with E-state index in [1.165, 1.54) is 12.1 Å². The standard InChI is InChI=1S/C17H12ClFN2O2/c18-13-4-5-15-16-12(13)9-14(21(16)6-7-23-15)17(22)20-11-3-1-2-10(19)8-11/h1-5,8-9H,6-7H2,(H,20,22). The summed E-state index contributed by atoms with van der Waals surface area (Å²) >= 11 is 6.23. The highest BCUT2D eigenvalue weighted by Crippen LogP contribution is 2.36. The van der Waals surface area contributed by atoms with Gasteiger partial charge in [0, 0.05) is 11.1 Å². The van der Waals surface area contributed by atoms with Gasteiger partial charge in [-0.15, -0.1) is 0 Å². The van der Waals surface area contributed by atoms with E-state index in [1.807, 2.05) is 4.57 Å². The maximum atomic E-state index is 13.3. The quantitative estimate of drug-likeness (QED) is 0.769. The van der Waals surface area contributed by atoms with E-state index in [0.717, 1.165) is 10.9 Å². The van der Waals surface area contributed by atoms with E-state index in [9.17, 15) is 9.18 Å². The summed E-state index contributed by atoms with van der Waals surface area (Å²) in [6.45, 7) is 1.04. The second-order valence-electron chi connectivity index (χ2n) is 5.30. The Morgan fingerprint density at radius 1 is 1.26 bits per heavy atom. The molecule has 23 heavy (non-hydrogen) atoms. The summed E-state index contributed by atoms with van der Waals surface area (Å²) in [6, 6.07) is 11.1. The van der Waals surface area contributed by atoms with E-state index in [1.54, 1.807) is 30.3 Å². The van der Waals surface area contributed by atoms with Crippen molar-refractivity contribution in [2.45, 2.75) is 6.54 Å². The molecular formula is C17H12ClFN2O2. The Morgan fingerprint density at radius 2 is 2.13 bits per heavy atom. The molecule has 0 radical (unpaired) electrons. The van der Waals surface area contributed by atoms with Crippen LogP contribution in [0.4, 0.5) is 10.1 Å². The number of aromatic nitrogens is 1. The minimum atomic E-state index is -0.400. The molecule has 0 atom stereocenters. The van der Waals surface area contributed by atoms with Crippen LogP contribution < -0.4 is 10.1 Å². The van der Waals surface area contributed by atoms with Gasteiger partial charge in [0.05, 0.1) is 17.1 Å². The maximum absolute atomic E-state index is 13.3. The second kappa shape index (κ2) is 5.28. The van der Waals surface area contributed by atoms with Crippen molar-refractivity contribution in [3.8, 4) is 5.75 Å². The molecule has 4 rings (SSSR count). The Morgan fingerprint density at radius 3 is 2.96 bits per heavy atom. The van der Waals surface area contributed by atoms with Crippen molar-refractivity contribution in [3.63, 3.8) is 0 Å². The highest BCUT2D eigenvalue weighted by atomic mass is 35.5. The smallest absolute Gasteiger partial charge is 0.272 e. The van der Waals surface area contributed by atoms with Crippen molar-refractivity contribution in [1.82, 2.24) is 4.57 Å². The zero-order valence-corrected chi connectivity index (χ0v) is 12.7. The van der Waals surface area contributed by atoms with Crippen LogP contribution in [-0.4, -0.2) is 17.1 Å². The lowest BCUT2D eigenvalue weighted by atomic mass is 10.2. The third-order valence-electron chi connectivity index (χ3n) is 3.86. The fourth-order valence-corrected chi connectivity index (χ4v) is 3.07. The summed E-state index contributed by atoms with van der Waals surface area (Å²) in [4.78, 5) is 12.6. The van der Waals surface area contributed by atoms with Gasteiger partial charge >= 0.3 is 0 Å². The van der Waals surface area contributed by atoms with Gasteiger partial charge in [0.2, 0.25) is 0 Å². The number of hydrogen-bond acceptors (Lipinski definition) is 2. The number of hydrogen-bond donors (Lipinski definition) is 1. The van der Waals surface area contributed by atoms with Gasteiger partial charge < -0.3 is 14.6 Å². The molecule has 3 aromatic rings. The van der Waals surface area contributed by atoms with Gasteiger partial charge in [-0.25, -0.2) is 4.39 Å². The van der Waals surface area contributed by atoms with Crippen LogP contribution >= 0.6 is 11.6 Å². The summed E-state index contributed by atoms with van der Waals surface area (Å²) < 4.78 is 20.8. The first-order chi connectivity index (χ1) is 11.1. The molecular weight excluding hydrogens is 319 g/mol. The third-order valence-corrected chi connectivity index (χ3v) is 4.19. The zero-order chi connectivity index (χ0) is 16.0. The summed E-state index contributed by atoms with van der Waals surface area (Å²) in [5.74, 6) is -0.000590. The third kappa shape index (κ3) is 2.33. The first kappa shape index (κ1) is 14.1. The molecule has 0 fully saturated rings. The van der Waals surface area contributed by atoms with Crippen LogP contribution in [0.1, 0.15) is 10.5 Å². The Hall–Kier alpha value is -2.53. The Kier molecular flexibility index (Phi) is 3.23. The normalized spacial score (nSPS) is 13.0. The van der Waals surface area contributed by atoms with Gasteiger partial charge in [0.15, 0.2) is 0 Å². The van der Waals surface area contributed by atoms with Crippen LogP contribution in [0.15, 0.2) is 42.5 Å². The molecule has 6 heteroatoms. The molecule has 1 N–H and O–H groups in total. The van der Waals surface area contributed by atoms with E-state index in [0.29, 0.717) is 35.3 Å². The number of halogens is 2. The summed E-state index contributed by atoms with van der Waals surface area (Å²) in [7, 11) is 0. The molecule has 116 valence electrons. The molecule has 0 bridgehead atoms. The van der Waals surface area contributed by atoms with Crippen molar-refractivity contribution < 1.29 is 13.9 Å². The van der Waals surface area contributed by atoms with E-state index in [-0.39, 0.29) is 5.91 Å². The van der Waals surface area contributed by atoms with Crippen molar-refractivity contribution >= 4 is 34.1 Å². The van der Waals surface area contributed by atoms with Crippen LogP contribution in [0.2, 0.25) is 5.02 Å². The fourth-order valence-electron chi connectivity index (χ4n) is 2.86. The second-order valence-corrected chi connectivity index (χ2v) is 5.71. The molecule has 1 aliphatic heterocycles. The highest BCUT2D eigenvalue weighted by molar-refractivity contribution is 6.36. The number of amides is 1. The Labute approximate surface area is 136 Å². The molecule has 0 saturated carbocycles. The fraction of sp³-hybridized carbons (Fsp3) is 0.118. The predicted molar refractivity (Wildman–Crippen MR) is 86.8 cm³/mol. The lowest BCUT2D eigenvalue weighted by Crippen LogP contribution is -2.21. The van der Waals surface area contributed by atoms with Crippen molar-refractivity contribution in [2.75, 3.05) is 11.9 Å². The van der Waals surface area contributed by atoms with E-state index in [2.05, 4.69) is 5.32 Å². The predicted octanol–water partition coefficient (Wildman–Crippen LogP) is 4.08. The summed E-state index contributed by atoms with van der Waals surface area (Å²) in [6.07, 6.45) is 0. The summed E-state index contributed by atoms with van der Waals surface area (Å²) in [5, 5.41) is 4.05. The molecule has 0 aliphatic carbocycles. The Bertz CT molecular complexity index is 936. The van der Waals surface area contributed by atoms with Gasteiger partial charge in [0.1, 0.15) is 23.9 Å². The van der Waals surface area contributed by atoms with Crippen LogP contribution in [0, 0.1) is 5.82 Å². The van der Waals surface area contributed by atoms with Crippen molar-refractivity contribution in [1.29, 1.82) is 0 Å². The van der Waals surface area contributed by atoms with Crippen LogP contribution in [0.3, 0.4) is 0 Å².